The van der Waals surface area contributed by atoms with Gasteiger partial charge in [-0.15, -0.1) is 0 Å². The molecule has 2 aromatic heterocycles. The van der Waals surface area contributed by atoms with Crippen molar-refractivity contribution in [2.24, 2.45) is 0 Å². The van der Waals surface area contributed by atoms with Gasteiger partial charge in [0.1, 0.15) is 11.2 Å². The molecule has 51 heavy (non-hydrogen) atoms. The highest BCUT2D eigenvalue weighted by molar-refractivity contribution is 6.23. The second-order valence-corrected chi connectivity index (χ2v) is 12.8. The fourth-order valence-electron chi connectivity index (χ4n) is 7.25. The van der Waals surface area contributed by atoms with Crippen LogP contribution >= 0.6 is 0 Å². The standard InChI is InChI=1S/C47H29N3O/c1-3-13-32(14-4-1)45-48-46(33-15-5-2-6-16-33)50-47(49-45)34-24-22-30(23-25-34)35-26-27-42-41(28-35)44-39-20-10-9-19-38(39)40(29-43(44)51-42)37-21-11-17-31-12-7-8-18-36(31)37/h1-29H. The van der Waals surface area contributed by atoms with E-state index in [1.165, 1.54) is 32.7 Å². The second-order valence-electron chi connectivity index (χ2n) is 12.8. The normalized spacial score (nSPS) is 11.5. The summed E-state index contributed by atoms with van der Waals surface area (Å²) in [7, 11) is 0. The third-order valence-corrected chi connectivity index (χ3v) is 9.73. The lowest BCUT2D eigenvalue weighted by molar-refractivity contribution is 0.669. The van der Waals surface area contributed by atoms with E-state index in [-0.39, 0.29) is 0 Å². The van der Waals surface area contributed by atoms with Gasteiger partial charge in [0.25, 0.3) is 0 Å². The van der Waals surface area contributed by atoms with E-state index in [0.29, 0.717) is 17.5 Å². The fourth-order valence-corrected chi connectivity index (χ4v) is 7.25. The van der Waals surface area contributed by atoms with E-state index in [1.54, 1.807) is 0 Å². The van der Waals surface area contributed by atoms with E-state index in [0.717, 1.165) is 49.8 Å². The number of hydrogen-bond donors (Lipinski definition) is 0. The summed E-state index contributed by atoms with van der Waals surface area (Å²) in [6.07, 6.45) is 0. The monoisotopic (exact) mass is 651 g/mol. The molecular weight excluding hydrogens is 623 g/mol. The molecular formula is C47H29N3O. The van der Waals surface area contributed by atoms with E-state index in [2.05, 4.69) is 115 Å². The molecule has 8 aromatic carbocycles. The number of nitrogens with zero attached hydrogens (tertiary/aromatic N) is 3. The number of aromatic nitrogens is 3. The van der Waals surface area contributed by atoms with Crippen molar-refractivity contribution in [3.05, 3.63) is 176 Å². The van der Waals surface area contributed by atoms with Crippen molar-refractivity contribution in [3.63, 3.8) is 0 Å². The Bertz CT molecular complexity index is 2830. The molecule has 10 aromatic rings. The minimum Gasteiger partial charge on any atom is -0.456 e. The Balaban J connectivity index is 1.07. The molecule has 0 unspecified atom stereocenters. The molecule has 10 rings (SSSR count). The maximum absolute atomic E-state index is 6.58. The van der Waals surface area contributed by atoms with Gasteiger partial charge in [0.05, 0.1) is 0 Å². The predicted octanol–water partition coefficient (Wildman–Crippen LogP) is 12.4. The first-order valence-electron chi connectivity index (χ1n) is 17.1. The Morgan fingerprint density at radius 1 is 0.314 bits per heavy atom. The molecule has 0 bridgehead atoms. The van der Waals surface area contributed by atoms with Gasteiger partial charge in [0.15, 0.2) is 17.5 Å². The summed E-state index contributed by atoms with van der Waals surface area (Å²) < 4.78 is 6.58. The zero-order valence-electron chi connectivity index (χ0n) is 27.5. The summed E-state index contributed by atoms with van der Waals surface area (Å²) in [5, 5.41) is 7.09. The summed E-state index contributed by atoms with van der Waals surface area (Å²) in [6.45, 7) is 0. The third-order valence-electron chi connectivity index (χ3n) is 9.73. The summed E-state index contributed by atoms with van der Waals surface area (Å²) in [4.78, 5) is 14.7. The van der Waals surface area contributed by atoms with Crippen molar-refractivity contribution in [1.29, 1.82) is 0 Å². The van der Waals surface area contributed by atoms with Gasteiger partial charge in [-0.25, -0.2) is 15.0 Å². The molecule has 0 radical (unpaired) electrons. The number of benzene rings is 8. The van der Waals surface area contributed by atoms with Gasteiger partial charge in [-0.1, -0.05) is 158 Å². The highest BCUT2D eigenvalue weighted by atomic mass is 16.3. The Kier molecular flexibility index (Phi) is 6.78. The summed E-state index contributed by atoms with van der Waals surface area (Å²) >= 11 is 0. The van der Waals surface area contributed by atoms with Gasteiger partial charge in [-0.3, -0.25) is 0 Å². The number of rotatable bonds is 5. The first kappa shape index (κ1) is 29.0. The van der Waals surface area contributed by atoms with Gasteiger partial charge in [0, 0.05) is 27.5 Å². The average Bonchev–Trinajstić information content (AvgIpc) is 3.59. The Hall–Kier alpha value is -6.91. The van der Waals surface area contributed by atoms with E-state index in [4.69, 9.17) is 19.4 Å². The van der Waals surface area contributed by atoms with Crippen LogP contribution in [0.15, 0.2) is 180 Å². The molecule has 0 fully saturated rings. The largest absolute Gasteiger partial charge is 0.456 e. The van der Waals surface area contributed by atoms with Crippen LogP contribution in [0.5, 0.6) is 0 Å². The van der Waals surface area contributed by atoms with Crippen LogP contribution in [-0.4, -0.2) is 15.0 Å². The van der Waals surface area contributed by atoms with Crippen LogP contribution in [0, 0.1) is 0 Å². The van der Waals surface area contributed by atoms with Crippen LogP contribution in [0.3, 0.4) is 0 Å². The Labute approximate surface area is 294 Å². The minimum atomic E-state index is 0.638. The van der Waals surface area contributed by atoms with Crippen LogP contribution < -0.4 is 0 Å². The van der Waals surface area contributed by atoms with E-state index >= 15 is 0 Å². The van der Waals surface area contributed by atoms with Gasteiger partial charge < -0.3 is 4.42 Å². The molecule has 4 nitrogen and oxygen atoms in total. The quantitative estimate of drug-likeness (QED) is 0.186. The number of hydrogen-bond acceptors (Lipinski definition) is 4. The van der Waals surface area contributed by atoms with Gasteiger partial charge >= 0.3 is 0 Å². The third kappa shape index (κ3) is 5.04. The fraction of sp³-hybridized carbons (Fsp3) is 0. The lowest BCUT2D eigenvalue weighted by atomic mass is 9.91. The minimum absolute atomic E-state index is 0.638. The summed E-state index contributed by atoms with van der Waals surface area (Å²) in [6, 6.07) is 61.1. The van der Waals surface area contributed by atoms with Crippen molar-refractivity contribution < 1.29 is 4.42 Å². The molecule has 0 amide bonds. The summed E-state index contributed by atoms with van der Waals surface area (Å²) in [5.74, 6) is 1.94. The molecule has 4 heteroatoms. The highest BCUT2D eigenvalue weighted by Crippen LogP contribution is 2.42. The van der Waals surface area contributed by atoms with E-state index in [9.17, 15) is 0 Å². The maximum atomic E-state index is 6.58. The number of fused-ring (bicyclic) bond motifs is 6. The van der Waals surface area contributed by atoms with Crippen LogP contribution in [0.25, 0.3) is 99.9 Å². The molecule has 0 spiro atoms. The van der Waals surface area contributed by atoms with E-state index in [1.807, 2.05) is 60.7 Å². The first-order valence-corrected chi connectivity index (χ1v) is 17.1. The van der Waals surface area contributed by atoms with Gasteiger partial charge in [-0.05, 0) is 62.0 Å². The molecule has 0 saturated heterocycles. The van der Waals surface area contributed by atoms with E-state index < -0.39 is 0 Å². The number of furan rings is 1. The first-order chi connectivity index (χ1) is 25.3. The van der Waals surface area contributed by atoms with Crippen molar-refractivity contribution in [3.8, 4) is 56.4 Å². The SMILES string of the molecule is c1ccc(-c2nc(-c3ccccc3)nc(-c3ccc(-c4ccc5oc6cc(-c7cccc8ccccc78)c7ccccc7c6c5c4)cc3)n2)cc1. The molecule has 2 heterocycles. The molecule has 0 aliphatic carbocycles. The lowest BCUT2D eigenvalue weighted by Gasteiger charge is -2.11. The van der Waals surface area contributed by atoms with Crippen LogP contribution in [0.2, 0.25) is 0 Å². The lowest BCUT2D eigenvalue weighted by Crippen LogP contribution is -2.00. The van der Waals surface area contributed by atoms with Crippen molar-refractivity contribution in [2.45, 2.75) is 0 Å². The molecule has 0 N–H and O–H groups in total. The molecule has 0 aliphatic heterocycles. The topological polar surface area (TPSA) is 51.8 Å². The molecule has 0 atom stereocenters. The second kappa shape index (κ2) is 11.9. The predicted molar refractivity (Wildman–Crippen MR) is 209 cm³/mol. The Morgan fingerprint density at radius 3 is 1.53 bits per heavy atom. The average molecular weight is 652 g/mol. The van der Waals surface area contributed by atoms with Crippen molar-refractivity contribution in [2.75, 3.05) is 0 Å². The molecule has 0 saturated carbocycles. The van der Waals surface area contributed by atoms with Crippen LogP contribution in [0.1, 0.15) is 0 Å². The smallest absolute Gasteiger partial charge is 0.164 e. The highest BCUT2D eigenvalue weighted by Gasteiger charge is 2.17. The van der Waals surface area contributed by atoms with Gasteiger partial charge in [0.2, 0.25) is 0 Å². The van der Waals surface area contributed by atoms with Crippen LogP contribution in [0.4, 0.5) is 0 Å². The summed E-state index contributed by atoms with van der Waals surface area (Å²) in [5.41, 5.74) is 9.19. The maximum Gasteiger partial charge on any atom is 0.164 e. The van der Waals surface area contributed by atoms with Gasteiger partial charge in [-0.2, -0.15) is 0 Å². The molecule has 0 aliphatic rings. The van der Waals surface area contributed by atoms with Crippen molar-refractivity contribution >= 4 is 43.5 Å². The Morgan fingerprint density at radius 2 is 0.843 bits per heavy atom. The van der Waals surface area contributed by atoms with Crippen molar-refractivity contribution in [1.82, 2.24) is 15.0 Å². The zero-order valence-corrected chi connectivity index (χ0v) is 27.5. The zero-order chi connectivity index (χ0) is 33.7. The molecule has 238 valence electrons. The van der Waals surface area contributed by atoms with Crippen LogP contribution in [-0.2, 0) is 0 Å².